The molecule has 2 aromatic rings. The third-order valence-corrected chi connectivity index (χ3v) is 6.88. The van der Waals surface area contributed by atoms with E-state index >= 15 is 0 Å². The van der Waals surface area contributed by atoms with E-state index in [2.05, 4.69) is 0 Å². The molecule has 37 heavy (non-hydrogen) atoms. The van der Waals surface area contributed by atoms with Gasteiger partial charge in [0, 0.05) is 37.9 Å². The Kier molecular flexibility index (Phi) is 7.97. The summed E-state index contributed by atoms with van der Waals surface area (Å²) in [7, 11) is 1.56. The molecule has 2 amide bonds. The number of fused-ring (bicyclic) bond motifs is 2. The summed E-state index contributed by atoms with van der Waals surface area (Å²) >= 11 is 0. The van der Waals surface area contributed by atoms with Crippen LogP contribution in [0, 0.1) is 0 Å². The van der Waals surface area contributed by atoms with Gasteiger partial charge in [0.15, 0.2) is 5.54 Å². The summed E-state index contributed by atoms with van der Waals surface area (Å²) in [4.78, 5) is 44.3. The molecule has 196 valence electrons. The van der Waals surface area contributed by atoms with Gasteiger partial charge in [-0.15, -0.1) is 0 Å². The highest BCUT2D eigenvalue weighted by molar-refractivity contribution is 6.50. The van der Waals surface area contributed by atoms with Crippen LogP contribution in [0.2, 0.25) is 0 Å². The zero-order valence-electron chi connectivity index (χ0n) is 21.7. The predicted octanol–water partition coefficient (Wildman–Crippen LogP) is 4.23. The summed E-state index contributed by atoms with van der Waals surface area (Å²) in [6.45, 7) is 5.52. The van der Waals surface area contributed by atoms with Crippen LogP contribution in [0.5, 0.6) is 5.75 Å². The van der Waals surface area contributed by atoms with Crippen LogP contribution in [0.4, 0.5) is 5.69 Å². The molecule has 1 saturated heterocycles. The third-order valence-electron chi connectivity index (χ3n) is 6.88. The number of hydrogen-bond donors (Lipinski definition) is 1. The number of Topliss-reactive ketones (excluding diaryl/α,β-unsaturated/α-hetero) is 1. The monoisotopic (exact) mass is 506 g/mol. The summed E-state index contributed by atoms with van der Waals surface area (Å²) in [5, 5.41) is 11.5. The minimum absolute atomic E-state index is 0.126. The van der Waals surface area contributed by atoms with Crippen LogP contribution < -0.4 is 9.64 Å². The van der Waals surface area contributed by atoms with Crippen LogP contribution >= 0.6 is 0 Å². The first kappa shape index (κ1) is 26.4. The first-order valence-corrected chi connectivity index (χ1v) is 12.9. The molecular formula is C29H34N2O6. The van der Waals surface area contributed by atoms with Crippen LogP contribution in [-0.4, -0.2) is 61.0 Å². The Hall–Kier alpha value is -3.65. The van der Waals surface area contributed by atoms with E-state index in [1.807, 2.05) is 26.0 Å². The number of rotatable bonds is 11. The van der Waals surface area contributed by atoms with Gasteiger partial charge >= 0.3 is 0 Å². The molecule has 2 heterocycles. The summed E-state index contributed by atoms with van der Waals surface area (Å²) in [6.07, 6.45) is 2.91. The second-order valence-corrected chi connectivity index (χ2v) is 9.27. The van der Waals surface area contributed by atoms with Gasteiger partial charge < -0.3 is 24.4 Å². The molecule has 8 heteroatoms. The average molecular weight is 507 g/mol. The number of ether oxygens (including phenoxy) is 2. The summed E-state index contributed by atoms with van der Waals surface area (Å²) in [5.41, 5.74) is -0.441. The molecule has 0 aliphatic carbocycles. The van der Waals surface area contributed by atoms with Gasteiger partial charge in [0.05, 0.1) is 17.9 Å². The molecule has 1 fully saturated rings. The van der Waals surface area contributed by atoms with E-state index in [0.29, 0.717) is 48.7 Å². The molecular weight excluding hydrogens is 472 g/mol. The zero-order chi connectivity index (χ0) is 26.6. The van der Waals surface area contributed by atoms with E-state index in [9.17, 15) is 19.5 Å². The Morgan fingerprint density at radius 3 is 2.32 bits per heavy atom. The van der Waals surface area contributed by atoms with Gasteiger partial charge in [-0.25, -0.2) is 0 Å². The van der Waals surface area contributed by atoms with Crippen molar-refractivity contribution in [2.45, 2.75) is 45.1 Å². The number of anilines is 1. The molecule has 2 aromatic carbocycles. The third kappa shape index (κ3) is 4.39. The number of amides is 2. The minimum atomic E-state index is -1.74. The normalized spacial score (nSPS) is 20.2. The topological polar surface area (TPSA) is 96.4 Å². The predicted molar refractivity (Wildman–Crippen MR) is 140 cm³/mol. The second kappa shape index (κ2) is 11.2. The lowest BCUT2D eigenvalue weighted by Gasteiger charge is -2.34. The van der Waals surface area contributed by atoms with Crippen molar-refractivity contribution in [2.75, 3.05) is 38.3 Å². The molecule has 2 aliphatic rings. The van der Waals surface area contributed by atoms with E-state index in [-0.39, 0.29) is 17.9 Å². The maximum absolute atomic E-state index is 14.3. The van der Waals surface area contributed by atoms with Crippen molar-refractivity contribution in [1.29, 1.82) is 0 Å². The summed E-state index contributed by atoms with van der Waals surface area (Å²) < 4.78 is 10.8. The first-order valence-electron chi connectivity index (χ1n) is 12.9. The van der Waals surface area contributed by atoms with Crippen molar-refractivity contribution < 1.29 is 29.0 Å². The molecule has 4 rings (SSSR count). The van der Waals surface area contributed by atoms with E-state index in [0.717, 1.165) is 19.3 Å². The molecule has 1 atom stereocenters. The van der Waals surface area contributed by atoms with Crippen LogP contribution in [0.15, 0.2) is 54.1 Å². The minimum Gasteiger partial charge on any atom is -0.507 e. The van der Waals surface area contributed by atoms with Crippen molar-refractivity contribution in [3.63, 3.8) is 0 Å². The number of unbranched alkanes of at least 4 members (excludes halogenated alkanes) is 1. The zero-order valence-corrected chi connectivity index (χ0v) is 21.7. The Morgan fingerprint density at radius 2 is 1.65 bits per heavy atom. The van der Waals surface area contributed by atoms with Crippen LogP contribution in [0.1, 0.15) is 50.7 Å². The van der Waals surface area contributed by atoms with Crippen LogP contribution in [-0.2, 0) is 24.7 Å². The molecule has 1 spiro atoms. The number of carbonyl (C=O) groups excluding carboxylic acids is 3. The Balaban J connectivity index is 1.92. The van der Waals surface area contributed by atoms with Gasteiger partial charge in [-0.05, 0) is 49.6 Å². The number of methoxy groups -OCH3 is 1. The second-order valence-electron chi connectivity index (χ2n) is 9.27. The lowest BCUT2D eigenvalue weighted by Crippen LogP contribution is -2.52. The molecule has 0 saturated carbocycles. The number of likely N-dealkylation sites (tertiary alicyclic amines) is 1. The molecule has 0 bridgehead atoms. The highest BCUT2D eigenvalue weighted by Crippen LogP contribution is 2.53. The fourth-order valence-corrected chi connectivity index (χ4v) is 5.15. The SMILES string of the molecule is CCCCN1C(=O)C2(C(=C(O)c3ccc(OCCC)cc3)C(=O)C(=O)N2CCCOC)c2ccccc21. The van der Waals surface area contributed by atoms with Crippen LogP contribution in [0.3, 0.4) is 0 Å². The Morgan fingerprint density at radius 1 is 0.919 bits per heavy atom. The van der Waals surface area contributed by atoms with Gasteiger partial charge in [0.25, 0.3) is 17.6 Å². The number of ketones is 1. The van der Waals surface area contributed by atoms with Crippen molar-refractivity contribution in [1.82, 2.24) is 4.90 Å². The van der Waals surface area contributed by atoms with Crippen molar-refractivity contribution in [3.05, 3.63) is 65.2 Å². The van der Waals surface area contributed by atoms with Gasteiger partial charge in [0.1, 0.15) is 11.5 Å². The number of aliphatic hydroxyl groups excluding tert-OH is 1. The largest absolute Gasteiger partial charge is 0.507 e. The molecule has 1 unspecified atom stereocenters. The van der Waals surface area contributed by atoms with Gasteiger partial charge in [-0.2, -0.15) is 0 Å². The summed E-state index contributed by atoms with van der Waals surface area (Å²) in [5.74, 6) is -1.83. The molecule has 1 N–H and O–H groups in total. The lowest BCUT2D eigenvalue weighted by molar-refractivity contribution is -0.143. The number of hydrogen-bond acceptors (Lipinski definition) is 6. The van der Waals surface area contributed by atoms with E-state index in [1.165, 1.54) is 4.90 Å². The van der Waals surface area contributed by atoms with Crippen LogP contribution in [0.25, 0.3) is 5.76 Å². The van der Waals surface area contributed by atoms with E-state index in [4.69, 9.17) is 9.47 Å². The number of para-hydroxylation sites is 1. The maximum Gasteiger partial charge on any atom is 0.296 e. The van der Waals surface area contributed by atoms with Gasteiger partial charge in [-0.1, -0.05) is 38.5 Å². The number of carbonyl (C=O) groups is 3. The average Bonchev–Trinajstić information content (AvgIpc) is 3.29. The fourth-order valence-electron chi connectivity index (χ4n) is 5.15. The molecule has 8 nitrogen and oxygen atoms in total. The fraction of sp³-hybridized carbons (Fsp3) is 0.414. The number of benzene rings is 2. The number of nitrogens with zero attached hydrogens (tertiary/aromatic N) is 2. The maximum atomic E-state index is 14.3. The van der Waals surface area contributed by atoms with Crippen molar-refractivity contribution in [2.24, 2.45) is 0 Å². The highest BCUT2D eigenvalue weighted by atomic mass is 16.5. The van der Waals surface area contributed by atoms with E-state index in [1.54, 1.807) is 48.4 Å². The standard InChI is InChI=1S/C29H34N2O6/c1-4-6-16-30-23-11-8-7-10-22(23)29(28(30)35)24(26(33)27(34)31(29)17-9-19-36-3)25(32)20-12-14-21(15-13-20)37-18-5-2/h7-8,10-15,32H,4-6,9,16-19H2,1-3H3. The Bertz CT molecular complexity index is 1210. The van der Waals surface area contributed by atoms with Crippen molar-refractivity contribution in [3.8, 4) is 5.75 Å². The summed E-state index contributed by atoms with van der Waals surface area (Å²) in [6, 6.07) is 13.9. The smallest absolute Gasteiger partial charge is 0.296 e. The van der Waals surface area contributed by atoms with Gasteiger partial charge in [-0.3, -0.25) is 14.4 Å². The first-order chi connectivity index (χ1) is 17.9. The van der Waals surface area contributed by atoms with Gasteiger partial charge in [0.2, 0.25) is 0 Å². The molecule has 2 aliphatic heterocycles. The lowest BCUT2D eigenvalue weighted by atomic mass is 9.82. The Labute approximate surface area is 217 Å². The molecule has 0 radical (unpaired) electrons. The molecule has 0 aromatic heterocycles. The highest BCUT2D eigenvalue weighted by Gasteiger charge is 2.66. The quantitative estimate of drug-likeness (QED) is 0.212. The van der Waals surface area contributed by atoms with Crippen molar-refractivity contribution >= 4 is 29.0 Å². The number of aliphatic hydroxyl groups is 1. The van der Waals surface area contributed by atoms with E-state index < -0.39 is 23.1 Å².